The minimum atomic E-state index is -4.09. The van der Waals surface area contributed by atoms with Crippen molar-refractivity contribution in [3.8, 4) is 0 Å². The van der Waals surface area contributed by atoms with Crippen LogP contribution in [0.2, 0.25) is 0 Å². The lowest BCUT2D eigenvalue weighted by Gasteiger charge is -2.23. The summed E-state index contributed by atoms with van der Waals surface area (Å²) in [6.45, 7) is 0. The number of carbonyl (C=O) groups excluding carboxylic acids is 1. The molecule has 0 spiro atoms. The van der Waals surface area contributed by atoms with E-state index in [1.165, 1.54) is 12.1 Å². The molecular formula is C23H17NO3S. The summed E-state index contributed by atoms with van der Waals surface area (Å²) in [5, 5.41) is 1.58. The zero-order valence-corrected chi connectivity index (χ0v) is 15.7. The van der Waals surface area contributed by atoms with Crippen LogP contribution in [-0.2, 0) is 10.0 Å². The topological polar surface area (TPSA) is 54.5 Å². The van der Waals surface area contributed by atoms with Crippen molar-refractivity contribution >= 4 is 32.4 Å². The van der Waals surface area contributed by atoms with E-state index in [4.69, 9.17) is 0 Å². The van der Waals surface area contributed by atoms with Gasteiger partial charge in [-0.3, -0.25) is 4.79 Å². The Kier molecular flexibility index (Phi) is 4.67. The number of hydrogen-bond donors (Lipinski definition) is 0. The summed E-state index contributed by atoms with van der Waals surface area (Å²) in [6, 6.07) is 29.1. The molecule has 28 heavy (non-hydrogen) atoms. The van der Waals surface area contributed by atoms with Gasteiger partial charge in [0.2, 0.25) is 0 Å². The first kappa shape index (κ1) is 17.9. The van der Waals surface area contributed by atoms with Crippen molar-refractivity contribution in [1.29, 1.82) is 0 Å². The fourth-order valence-corrected chi connectivity index (χ4v) is 4.58. The van der Waals surface area contributed by atoms with Crippen molar-refractivity contribution in [3.63, 3.8) is 0 Å². The third kappa shape index (κ3) is 3.17. The Balaban J connectivity index is 1.93. The third-order valence-electron chi connectivity index (χ3n) is 4.48. The monoisotopic (exact) mass is 387 g/mol. The smallest absolute Gasteiger partial charge is 0.268 e. The van der Waals surface area contributed by atoms with E-state index < -0.39 is 15.9 Å². The summed E-state index contributed by atoms with van der Waals surface area (Å²) in [5.41, 5.74) is 0.630. The third-order valence-corrected chi connectivity index (χ3v) is 6.20. The first-order valence-electron chi connectivity index (χ1n) is 8.76. The molecular weight excluding hydrogens is 370 g/mol. The maximum Gasteiger partial charge on any atom is 0.272 e. The second-order valence-corrected chi connectivity index (χ2v) is 8.04. The lowest BCUT2D eigenvalue weighted by atomic mass is 10.0. The normalized spacial score (nSPS) is 11.3. The Morgan fingerprint density at radius 2 is 1.21 bits per heavy atom. The summed E-state index contributed by atoms with van der Waals surface area (Å²) in [5.74, 6) is -0.591. The van der Waals surface area contributed by atoms with E-state index in [1.807, 2.05) is 30.3 Å². The number of rotatable bonds is 4. The van der Waals surface area contributed by atoms with Crippen molar-refractivity contribution in [1.82, 2.24) is 0 Å². The van der Waals surface area contributed by atoms with Crippen LogP contribution in [0.5, 0.6) is 0 Å². The molecule has 0 fully saturated rings. The van der Waals surface area contributed by atoms with Gasteiger partial charge in [0, 0.05) is 5.56 Å². The highest BCUT2D eigenvalue weighted by molar-refractivity contribution is 7.93. The highest BCUT2D eigenvalue weighted by Gasteiger charge is 2.32. The molecule has 4 nitrogen and oxygen atoms in total. The Bertz CT molecular complexity index is 1230. The molecule has 0 bridgehead atoms. The Labute approximate surface area is 163 Å². The lowest BCUT2D eigenvalue weighted by Crippen LogP contribution is -2.37. The molecule has 5 heteroatoms. The van der Waals surface area contributed by atoms with Gasteiger partial charge in [-0.05, 0) is 41.1 Å². The molecule has 0 aliphatic carbocycles. The van der Waals surface area contributed by atoms with Gasteiger partial charge < -0.3 is 0 Å². The number of amides is 1. The molecule has 1 amide bonds. The second-order valence-electron chi connectivity index (χ2n) is 6.25. The van der Waals surface area contributed by atoms with E-state index in [9.17, 15) is 13.2 Å². The SMILES string of the molecule is O=C(c1cccc2ccccc12)N(c1ccccc1)S(=O)(=O)c1ccccc1. The van der Waals surface area contributed by atoms with Gasteiger partial charge in [-0.2, -0.15) is 4.31 Å². The second kappa shape index (κ2) is 7.29. The summed E-state index contributed by atoms with van der Waals surface area (Å²) in [7, 11) is -4.09. The molecule has 0 aliphatic rings. The van der Waals surface area contributed by atoms with Crippen molar-refractivity contribution in [2.45, 2.75) is 4.90 Å². The maximum absolute atomic E-state index is 13.5. The molecule has 0 atom stereocenters. The van der Waals surface area contributed by atoms with E-state index in [2.05, 4.69) is 0 Å². The van der Waals surface area contributed by atoms with Crippen LogP contribution < -0.4 is 4.31 Å². The maximum atomic E-state index is 13.5. The van der Waals surface area contributed by atoms with Crippen LogP contribution in [0.4, 0.5) is 5.69 Å². The Morgan fingerprint density at radius 3 is 1.93 bits per heavy atom. The van der Waals surface area contributed by atoms with Gasteiger partial charge in [0.15, 0.2) is 0 Å². The highest BCUT2D eigenvalue weighted by atomic mass is 32.2. The molecule has 138 valence electrons. The Hall–Kier alpha value is -3.44. The van der Waals surface area contributed by atoms with E-state index in [1.54, 1.807) is 60.7 Å². The zero-order valence-electron chi connectivity index (χ0n) is 14.9. The van der Waals surface area contributed by atoms with E-state index in [0.29, 0.717) is 16.6 Å². The molecule has 0 radical (unpaired) electrons. The molecule has 0 unspecified atom stereocenters. The number of anilines is 1. The number of para-hydroxylation sites is 1. The first-order chi connectivity index (χ1) is 13.6. The minimum Gasteiger partial charge on any atom is -0.268 e. The molecule has 0 aliphatic heterocycles. The molecule has 0 N–H and O–H groups in total. The standard InChI is InChI=1S/C23H17NO3S/c25-23(22-17-9-11-18-10-7-8-16-21(18)22)24(19-12-3-1-4-13-19)28(26,27)20-14-5-2-6-15-20/h1-17H. The number of carbonyl (C=O) groups is 1. The summed E-state index contributed by atoms with van der Waals surface area (Å²) < 4.78 is 27.7. The van der Waals surface area contributed by atoms with E-state index in [0.717, 1.165) is 9.69 Å². The number of fused-ring (bicyclic) bond motifs is 1. The summed E-state index contributed by atoms with van der Waals surface area (Å²) in [4.78, 5) is 13.6. The predicted molar refractivity (Wildman–Crippen MR) is 111 cm³/mol. The van der Waals surface area contributed by atoms with Crippen LogP contribution >= 0.6 is 0 Å². The van der Waals surface area contributed by atoms with Crippen molar-refractivity contribution in [2.75, 3.05) is 4.31 Å². The van der Waals surface area contributed by atoms with Crippen LogP contribution in [0.1, 0.15) is 10.4 Å². The lowest BCUT2D eigenvalue weighted by molar-refractivity contribution is 0.101. The van der Waals surface area contributed by atoms with E-state index in [-0.39, 0.29) is 4.90 Å². The first-order valence-corrected chi connectivity index (χ1v) is 10.2. The van der Waals surface area contributed by atoms with Crippen molar-refractivity contribution in [2.24, 2.45) is 0 Å². The Morgan fingerprint density at radius 1 is 0.643 bits per heavy atom. The molecule has 0 aromatic heterocycles. The van der Waals surface area contributed by atoms with Crippen LogP contribution in [-0.4, -0.2) is 14.3 Å². The summed E-state index contributed by atoms with van der Waals surface area (Å²) in [6.07, 6.45) is 0. The number of benzene rings is 4. The largest absolute Gasteiger partial charge is 0.272 e. The van der Waals surface area contributed by atoms with Crippen molar-refractivity contribution in [3.05, 3.63) is 109 Å². The van der Waals surface area contributed by atoms with Gasteiger partial charge in [0.25, 0.3) is 15.9 Å². The van der Waals surface area contributed by atoms with Crippen LogP contribution in [0.3, 0.4) is 0 Å². The zero-order chi connectivity index (χ0) is 19.6. The van der Waals surface area contributed by atoms with Crippen LogP contribution in [0, 0.1) is 0 Å². The quantitative estimate of drug-likeness (QED) is 0.502. The average molecular weight is 387 g/mol. The molecule has 4 rings (SSSR count). The minimum absolute atomic E-state index is 0.0624. The van der Waals surface area contributed by atoms with Crippen molar-refractivity contribution < 1.29 is 13.2 Å². The van der Waals surface area contributed by atoms with Gasteiger partial charge in [-0.25, -0.2) is 8.42 Å². The van der Waals surface area contributed by atoms with Crippen LogP contribution in [0.25, 0.3) is 10.8 Å². The van der Waals surface area contributed by atoms with Gasteiger partial charge in [0.1, 0.15) is 0 Å². The molecule has 4 aromatic rings. The highest BCUT2D eigenvalue weighted by Crippen LogP contribution is 2.28. The fourth-order valence-electron chi connectivity index (χ4n) is 3.15. The number of hydrogen-bond acceptors (Lipinski definition) is 3. The fraction of sp³-hybridized carbons (Fsp3) is 0. The van der Waals surface area contributed by atoms with Gasteiger partial charge >= 0.3 is 0 Å². The summed E-state index contributed by atoms with van der Waals surface area (Å²) >= 11 is 0. The van der Waals surface area contributed by atoms with Gasteiger partial charge in [-0.1, -0.05) is 72.8 Å². The average Bonchev–Trinajstić information content (AvgIpc) is 2.74. The molecule has 0 heterocycles. The predicted octanol–water partition coefficient (Wildman–Crippen LogP) is 4.88. The van der Waals surface area contributed by atoms with Gasteiger partial charge in [0.05, 0.1) is 10.6 Å². The van der Waals surface area contributed by atoms with Gasteiger partial charge in [-0.15, -0.1) is 0 Å². The molecule has 4 aromatic carbocycles. The number of sulfonamides is 1. The van der Waals surface area contributed by atoms with Crippen LogP contribution in [0.15, 0.2) is 108 Å². The molecule has 0 saturated heterocycles. The van der Waals surface area contributed by atoms with E-state index >= 15 is 0 Å². The number of nitrogens with zero attached hydrogens (tertiary/aromatic N) is 1. The molecule has 0 saturated carbocycles.